The maximum absolute atomic E-state index is 12.2. The normalized spacial score (nSPS) is 21.6. The molecule has 1 aliphatic heterocycles. The molecule has 2 N–H and O–H groups in total. The summed E-state index contributed by atoms with van der Waals surface area (Å²) in [6.45, 7) is 3.54. The van der Waals surface area contributed by atoms with Gasteiger partial charge in [-0.3, -0.25) is 4.79 Å². The maximum Gasteiger partial charge on any atom is 0.233 e. The summed E-state index contributed by atoms with van der Waals surface area (Å²) in [4.78, 5) is 15.1. The Morgan fingerprint density at radius 1 is 1.50 bits per heavy atom. The Labute approximate surface area is 135 Å². The zero-order valence-corrected chi connectivity index (χ0v) is 13.8. The topological polar surface area (TPSA) is 46.3 Å². The van der Waals surface area contributed by atoms with Crippen molar-refractivity contribution in [2.24, 2.45) is 11.7 Å². The fourth-order valence-electron chi connectivity index (χ4n) is 2.44. The number of hydrogen-bond acceptors (Lipinski definition) is 3. The quantitative estimate of drug-likeness (QED) is 0.861. The molecule has 3 nitrogen and oxygen atoms in total. The molecule has 1 aromatic carbocycles. The van der Waals surface area contributed by atoms with Crippen LogP contribution in [0.5, 0.6) is 0 Å². The summed E-state index contributed by atoms with van der Waals surface area (Å²) in [6, 6.07) is 7.91. The first-order chi connectivity index (χ1) is 9.11. The van der Waals surface area contributed by atoms with Crippen LogP contribution in [0.3, 0.4) is 0 Å². The number of hydrogen-bond donors (Lipinski definition) is 1. The molecule has 0 bridgehead atoms. The fourth-order valence-corrected chi connectivity index (χ4v) is 3.57. The summed E-state index contributed by atoms with van der Waals surface area (Å²) >= 11 is 7.58. The Morgan fingerprint density at radius 2 is 2.20 bits per heavy atom. The van der Waals surface area contributed by atoms with E-state index in [-0.39, 0.29) is 18.3 Å². The number of nitrogens with zero attached hydrogens (tertiary/aromatic N) is 1. The second-order valence-electron chi connectivity index (χ2n) is 4.95. The first-order valence-electron chi connectivity index (χ1n) is 6.48. The minimum absolute atomic E-state index is 0. The largest absolute Gasteiger partial charge is 0.339 e. The van der Waals surface area contributed by atoms with Crippen molar-refractivity contribution in [1.29, 1.82) is 0 Å². The van der Waals surface area contributed by atoms with E-state index in [0.29, 0.717) is 29.3 Å². The second kappa shape index (κ2) is 8.13. The van der Waals surface area contributed by atoms with Crippen LogP contribution in [0.1, 0.15) is 13.3 Å². The highest BCUT2D eigenvalue weighted by Gasteiger charge is 2.31. The van der Waals surface area contributed by atoms with Gasteiger partial charge in [0.2, 0.25) is 5.91 Å². The Bertz CT molecular complexity index is 459. The van der Waals surface area contributed by atoms with Crippen LogP contribution in [-0.2, 0) is 4.79 Å². The molecule has 0 radical (unpaired) electrons. The second-order valence-corrected chi connectivity index (χ2v) is 6.38. The average Bonchev–Trinajstić information content (AvgIpc) is 2.79. The Morgan fingerprint density at radius 3 is 2.80 bits per heavy atom. The van der Waals surface area contributed by atoms with Gasteiger partial charge in [0.1, 0.15) is 0 Å². The van der Waals surface area contributed by atoms with Crippen LogP contribution in [0, 0.1) is 5.92 Å². The minimum atomic E-state index is 0. The Hall–Kier alpha value is -0.420. The van der Waals surface area contributed by atoms with Crippen LogP contribution < -0.4 is 5.73 Å². The predicted octanol–water partition coefficient (Wildman–Crippen LogP) is 3.05. The van der Waals surface area contributed by atoms with Crippen molar-refractivity contribution in [3.8, 4) is 0 Å². The van der Waals surface area contributed by atoms with Gasteiger partial charge in [-0.05, 0) is 37.9 Å². The van der Waals surface area contributed by atoms with Crippen LogP contribution in [0.15, 0.2) is 29.2 Å². The minimum Gasteiger partial charge on any atom is -0.339 e. The molecule has 6 heteroatoms. The molecular weight excluding hydrogens is 315 g/mol. The van der Waals surface area contributed by atoms with E-state index in [1.165, 1.54) is 11.8 Å². The lowest BCUT2D eigenvalue weighted by atomic mass is 10.1. The Kier molecular flexibility index (Phi) is 7.17. The summed E-state index contributed by atoms with van der Waals surface area (Å²) in [5.74, 6) is 1.06. The number of nitrogens with two attached hydrogens (primary N) is 1. The van der Waals surface area contributed by atoms with Gasteiger partial charge in [-0.15, -0.1) is 24.2 Å². The fraction of sp³-hybridized carbons (Fsp3) is 0.500. The van der Waals surface area contributed by atoms with Gasteiger partial charge in [0.15, 0.2) is 0 Å². The van der Waals surface area contributed by atoms with Crippen molar-refractivity contribution in [3.05, 3.63) is 29.3 Å². The molecule has 1 amide bonds. The van der Waals surface area contributed by atoms with Crippen LogP contribution in [0.2, 0.25) is 5.02 Å². The van der Waals surface area contributed by atoms with E-state index in [0.717, 1.165) is 17.9 Å². The zero-order chi connectivity index (χ0) is 13.8. The van der Waals surface area contributed by atoms with Crippen LogP contribution in [0.4, 0.5) is 0 Å². The number of likely N-dealkylation sites (tertiary alicyclic amines) is 1. The summed E-state index contributed by atoms with van der Waals surface area (Å²) in [5, 5.41) is 0.703. The summed E-state index contributed by atoms with van der Waals surface area (Å²) in [6.07, 6.45) is 1.01. The highest BCUT2D eigenvalue weighted by Crippen LogP contribution is 2.28. The average molecular weight is 335 g/mol. The van der Waals surface area contributed by atoms with Crippen molar-refractivity contribution in [2.45, 2.75) is 24.3 Å². The number of benzene rings is 1. The lowest BCUT2D eigenvalue weighted by Gasteiger charge is -2.21. The standard InChI is InChI=1S/C14H19ClN2OS.ClH/c1-10-6-11(7-16)8-17(10)14(18)9-19-13-5-3-2-4-12(13)15;/h2-5,10-11H,6-9,16H2,1H3;1H. The molecular formula is C14H20Cl2N2OS. The smallest absolute Gasteiger partial charge is 0.233 e. The molecule has 112 valence electrons. The van der Waals surface area contributed by atoms with Crippen molar-refractivity contribution in [2.75, 3.05) is 18.8 Å². The van der Waals surface area contributed by atoms with Gasteiger partial charge in [0.25, 0.3) is 0 Å². The highest BCUT2D eigenvalue weighted by molar-refractivity contribution is 8.00. The van der Waals surface area contributed by atoms with Gasteiger partial charge in [-0.2, -0.15) is 0 Å². The molecule has 1 fully saturated rings. The molecule has 1 aliphatic rings. The van der Waals surface area contributed by atoms with E-state index in [1.807, 2.05) is 29.2 Å². The molecule has 2 unspecified atom stereocenters. The predicted molar refractivity (Wildman–Crippen MR) is 87.8 cm³/mol. The molecule has 0 saturated carbocycles. The first-order valence-corrected chi connectivity index (χ1v) is 7.85. The number of halogens is 2. The van der Waals surface area contributed by atoms with E-state index in [9.17, 15) is 4.79 Å². The Balaban J connectivity index is 0.00000200. The summed E-state index contributed by atoms with van der Waals surface area (Å²) in [7, 11) is 0. The van der Waals surface area contributed by atoms with Gasteiger partial charge in [-0.25, -0.2) is 0 Å². The van der Waals surface area contributed by atoms with Gasteiger partial charge in [0, 0.05) is 17.5 Å². The van der Waals surface area contributed by atoms with Gasteiger partial charge < -0.3 is 10.6 Å². The zero-order valence-electron chi connectivity index (χ0n) is 11.4. The number of rotatable bonds is 4. The highest BCUT2D eigenvalue weighted by atomic mass is 35.5. The lowest BCUT2D eigenvalue weighted by Crippen LogP contribution is -2.35. The van der Waals surface area contributed by atoms with Gasteiger partial charge in [0.05, 0.1) is 10.8 Å². The molecule has 0 aliphatic carbocycles. The molecule has 0 spiro atoms. The number of carbonyl (C=O) groups excluding carboxylic acids is 1. The molecule has 0 aromatic heterocycles. The van der Waals surface area contributed by atoms with Gasteiger partial charge in [-0.1, -0.05) is 23.7 Å². The summed E-state index contributed by atoms with van der Waals surface area (Å²) < 4.78 is 0. The van der Waals surface area contributed by atoms with E-state index in [2.05, 4.69) is 6.92 Å². The van der Waals surface area contributed by atoms with Crippen LogP contribution in [0.25, 0.3) is 0 Å². The van der Waals surface area contributed by atoms with Crippen LogP contribution >= 0.6 is 35.8 Å². The van der Waals surface area contributed by atoms with E-state index >= 15 is 0 Å². The lowest BCUT2D eigenvalue weighted by molar-refractivity contribution is -0.128. The third-order valence-corrected chi connectivity index (χ3v) is 5.00. The van der Waals surface area contributed by atoms with Crippen molar-refractivity contribution in [1.82, 2.24) is 4.90 Å². The summed E-state index contributed by atoms with van der Waals surface area (Å²) in [5.41, 5.74) is 5.68. The van der Waals surface area contributed by atoms with Crippen LogP contribution in [-0.4, -0.2) is 35.7 Å². The van der Waals surface area contributed by atoms with Crippen molar-refractivity contribution in [3.63, 3.8) is 0 Å². The number of amides is 1. The third kappa shape index (κ3) is 4.29. The van der Waals surface area contributed by atoms with E-state index < -0.39 is 0 Å². The van der Waals surface area contributed by atoms with Crippen molar-refractivity contribution >= 4 is 41.7 Å². The molecule has 2 rings (SSSR count). The monoisotopic (exact) mass is 334 g/mol. The SMILES string of the molecule is CC1CC(CN)CN1C(=O)CSc1ccccc1Cl.Cl. The number of thioether (sulfide) groups is 1. The maximum atomic E-state index is 12.2. The molecule has 1 heterocycles. The third-order valence-electron chi connectivity index (χ3n) is 3.50. The molecule has 2 atom stereocenters. The van der Waals surface area contributed by atoms with Crippen molar-refractivity contribution < 1.29 is 4.79 Å². The molecule has 20 heavy (non-hydrogen) atoms. The molecule has 1 saturated heterocycles. The molecule has 1 aromatic rings. The number of carbonyl (C=O) groups is 1. The van der Waals surface area contributed by atoms with E-state index in [1.54, 1.807) is 0 Å². The van der Waals surface area contributed by atoms with E-state index in [4.69, 9.17) is 17.3 Å². The van der Waals surface area contributed by atoms with Gasteiger partial charge >= 0.3 is 0 Å². The first kappa shape index (κ1) is 17.6.